The van der Waals surface area contributed by atoms with Crippen LogP contribution in [0.2, 0.25) is 0 Å². The first-order valence-corrected chi connectivity index (χ1v) is 13.2. The van der Waals surface area contributed by atoms with Crippen molar-refractivity contribution >= 4 is 38.6 Å². The van der Waals surface area contributed by atoms with Crippen LogP contribution in [0.15, 0.2) is 64.9 Å². The molecule has 0 unspecified atom stereocenters. The van der Waals surface area contributed by atoms with Crippen LogP contribution >= 0.6 is 11.3 Å². The Hall–Kier alpha value is -2.68. The van der Waals surface area contributed by atoms with E-state index in [1.165, 1.54) is 21.6 Å². The maximum atomic E-state index is 12.9. The molecule has 1 amide bonds. The average Bonchev–Trinajstić information content (AvgIpc) is 3.56. The van der Waals surface area contributed by atoms with Gasteiger partial charge in [0.25, 0.3) is 5.91 Å². The van der Waals surface area contributed by atoms with Gasteiger partial charge in [-0.3, -0.25) is 4.79 Å². The first-order chi connectivity index (χ1) is 15.5. The Kier molecular flexibility index (Phi) is 5.75. The maximum Gasteiger partial charge on any atom is 0.267 e. The summed E-state index contributed by atoms with van der Waals surface area (Å²) in [5.74, 6) is -0.390. The van der Waals surface area contributed by atoms with E-state index in [4.69, 9.17) is 0 Å². The third-order valence-electron chi connectivity index (χ3n) is 6.09. The Balaban J connectivity index is 1.27. The Bertz CT molecular complexity index is 1230. The van der Waals surface area contributed by atoms with Gasteiger partial charge < -0.3 is 10.2 Å². The van der Waals surface area contributed by atoms with Gasteiger partial charge >= 0.3 is 0 Å². The summed E-state index contributed by atoms with van der Waals surface area (Å²) >= 11 is 1.16. The summed E-state index contributed by atoms with van der Waals surface area (Å²) in [5.41, 5.74) is 4.48. The molecule has 0 aliphatic carbocycles. The minimum absolute atomic E-state index is 0.103. The highest BCUT2D eigenvalue weighted by Gasteiger charge is 2.31. The first-order valence-electron chi connectivity index (χ1n) is 10.8. The Labute approximate surface area is 192 Å². The molecule has 2 aliphatic heterocycles. The molecule has 0 spiro atoms. The van der Waals surface area contributed by atoms with Crippen LogP contribution in [0.3, 0.4) is 0 Å². The third kappa shape index (κ3) is 4.05. The zero-order valence-corrected chi connectivity index (χ0v) is 19.3. The summed E-state index contributed by atoms with van der Waals surface area (Å²) in [7, 11) is -3.63. The number of hydrogen-bond acceptors (Lipinski definition) is 5. The van der Waals surface area contributed by atoms with Crippen molar-refractivity contribution in [2.45, 2.75) is 30.7 Å². The van der Waals surface area contributed by atoms with Gasteiger partial charge in [-0.1, -0.05) is 30.3 Å². The van der Waals surface area contributed by atoms with E-state index in [0.29, 0.717) is 18.8 Å². The Morgan fingerprint density at radius 1 is 0.969 bits per heavy atom. The summed E-state index contributed by atoms with van der Waals surface area (Å²) in [6.07, 6.45) is 2.79. The highest BCUT2D eigenvalue weighted by Crippen LogP contribution is 2.30. The van der Waals surface area contributed by atoms with Crippen molar-refractivity contribution in [1.29, 1.82) is 0 Å². The number of nitrogens with zero attached hydrogens (tertiary/aromatic N) is 2. The number of sulfonamides is 1. The molecule has 8 heteroatoms. The lowest BCUT2D eigenvalue weighted by Crippen LogP contribution is -2.29. The van der Waals surface area contributed by atoms with Gasteiger partial charge in [-0.05, 0) is 60.0 Å². The molecule has 6 nitrogen and oxygen atoms in total. The second-order valence-electron chi connectivity index (χ2n) is 8.18. The average molecular weight is 468 g/mol. The summed E-state index contributed by atoms with van der Waals surface area (Å²) in [6.45, 7) is 2.85. The van der Waals surface area contributed by atoms with Crippen LogP contribution < -0.4 is 10.2 Å². The molecule has 2 aromatic carbocycles. The quantitative estimate of drug-likeness (QED) is 0.585. The zero-order chi connectivity index (χ0) is 22.1. The van der Waals surface area contributed by atoms with Crippen molar-refractivity contribution in [3.05, 3.63) is 76.0 Å². The van der Waals surface area contributed by atoms with E-state index in [0.717, 1.165) is 49.3 Å². The highest BCUT2D eigenvalue weighted by molar-refractivity contribution is 7.89. The number of anilines is 2. The number of thiophene rings is 1. The molecule has 0 saturated carbocycles. The summed E-state index contributed by atoms with van der Waals surface area (Å²) in [6, 6.07) is 17.8. The van der Waals surface area contributed by atoms with Crippen molar-refractivity contribution < 1.29 is 13.2 Å². The molecule has 1 saturated heterocycles. The van der Waals surface area contributed by atoms with Gasteiger partial charge in [-0.15, -0.1) is 11.3 Å². The number of nitrogens with one attached hydrogen (secondary N) is 1. The Morgan fingerprint density at radius 2 is 1.72 bits per heavy atom. The molecule has 3 aromatic rings. The van der Waals surface area contributed by atoms with Gasteiger partial charge in [-0.25, -0.2) is 8.42 Å². The van der Waals surface area contributed by atoms with Crippen molar-refractivity contribution in [2.24, 2.45) is 0 Å². The third-order valence-corrected chi connectivity index (χ3v) is 9.07. The number of amides is 1. The zero-order valence-electron chi connectivity index (χ0n) is 17.7. The van der Waals surface area contributed by atoms with Crippen LogP contribution in [0.25, 0.3) is 0 Å². The van der Waals surface area contributed by atoms with Crippen molar-refractivity contribution in [1.82, 2.24) is 4.31 Å². The first kappa shape index (κ1) is 21.2. The van der Waals surface area contributed by atoms with Crippen molar-refractivity contribution in [3.8, 4) is 0 Å². The minimum atomic E-state index is -3.63. The number of carbonyl (C=O) groups excluding carboxylic acids is 1. The lowest BCUT2D eigenvalue weighted by atomic mass is 10.1. The van der Waals surface area contributed by atoms with E-state index >= 15 is 0 Å². The predicted octanol–water partition coefficient (Wildman–Crippen LogP) is 4.35. The number of para-hydroxylation sites is 1. The van der Waals surface area contributed by atoms with Gasteiger partial charge in [0.05, 0.1) is 0 Å². The maximum absolute atomic E-state index is 12.9. The number of benzene rings is 2. The van der Waals surface area contributed by atoms with E-state index in [-0.39, 0.29) is 15.7 Å². The molecule has 0 atom stereocenters. The van der Waals surface area contributed by atoms with Crippen LogP contribution in [0.4, 0.5) is 11.4 Å². The van der Waals surface area contributed by atoms with Crippen LogP contribution in [-0.2, 0) is 23.0 Å². The summed E-state index contributed by atoms with van der Waals surface area (Å²) in [4.78, 5) is 15.6. The van der Waals surface area contributed by atoms with Crippen LogP contribution in [0.1, 0.15) is 33.6 Å². The fourth-order valence-corrected chi connectivity index (χ4v) is 7.22. The standard InChI is InChI=1S/C24H25N3O3S2/c28-24(23-22(12-16-31-23)32(29,30)27-13-3-4-14-27)25-20-9-7-18(8-10-20)17-26-15-11-19-5-1-2-6-21(19)26/h1-2,5-10,12,16H,3-4,11,13-15,17H2,(H,25,28). The number of rotatable bonds is 6. The second-order valence-corrected chi connectivity index (χ2v) is 11.0. The normalized spacial score (nSPS) is 16.3. The summed E-state index contributed by atoms with van der Waals surface area (Å²) < 4.78 is 27.3. The highest BCUT2D eigenvalue weighted by atomic mass is 32.2. The number of hydrogen-bond donors (Lipinski definition) is 1. The fourth-order valence-electron chi connectivity index (χ4n) is 4.41. The monoisotopic (exact) mass is 467 g/mol. The molecule has 1 aromatic heterocycles. The topological polar surface area (TPSA) is 69.7 Å². The van der Waals surface area contributed by atoms with Gasteiger partial charge in [0, 0.05) is 37.6 Å². The van der Waals surface area contributed by atoms with E-state index in [9.17, 15) is 13.2 Å². The molecule has 0 bridgehead atoms. The van der Waals surface area contributed by atoms with Gasteiger partial charge in [-0.2, -0.15) is 4.31 Å². The molecule has 166 valence electrons. The molecule has 32 heavy (non-hydrogen) atoms. The largest absolute Gasteiger partial charge is 0.367 e. The molecule has 2 aliphatic rings. The Morgan fingerprint density at radius 3 is 2.50 bits per heavy atom. The number of fused-ring (bicyclic) bond motifs is 1. The van der Waals surface area contributed by atoms with E-state index in [1.54, 1.807) is 5.38 Å². The molecule has 1 fully saturated rings. The van der Waals surface area contributed by atoms with E-state index in [1.807, 2.05) is 24.3 Å². The molecule has 3 heterocycles. The SMILES string of the molecule is O=C(Nc1ccc(CN2CCc3ccccc32)cc1)c1sccc1S(=O)(=O)N1CCCC1. The van der Waals surface area contributed by atoms with Crippen molar-refractivity contribution in [2.75, 3.05) is 29.9 Å². The van der Waals surface area contributed by atoms with E-state index in [2.05, 4.69) is 34.5 Å². The molecule has 0 radical (unpaired) electrons. The second kappa shape index (κ2) is 8.69. The molecule has 1 N–H and O–H groups in total. The van der Waals surface area contributed by atoms with Gasteiger partial charge in [0.15, 0.2) is 0 Å². The van der Waals surface area contributed by atoms with Crippen LogP contribution in [0, 0.1) is 0 Å². The number of carbonyl (C=O) groups is 1. The molecule has 5 rings (SSSR count). The fraction of sp³-hybridized carbons (Fsp3) is 0.292. The van der Waals surface area contributed by atoms with Crippen LogP contribution in [0.5, 0.6) is 0 Å². The smallest absolute Gasteiger partial charge is 0.267 e. The van der Waals surface area contributed by atoms with E-state index < -0.39 is 10.0 Å². The molecular weight excluding hydrogens is 442 g/mol. The predicted molar refractivity (Wildman–Crippen MR) is 128 cm³/mol. The van der Waals surface area contributed by atoms with Crippen LogP contribution in [-0.4, -0.2) is 38.3 Å². The lowest BCUT2D eigenvalue weighted by molar-refractivity contribution is 0.102. The van der Waals surface area contributed by atoms with Gasteiger partial charge in [0.1, 0.15) is 9.77 Å². The van der Waals surface area contributed by atoms with Gasteiger partial charge in [0.2, 0.25) is 10.0 Å². The minimum Gasteiger partial charge on any atom is -0.367 e. The molecular formula is C24H25N3O3S2. The lowest BCUT2D eigenvalue weighted by Gasteiger charge is -2.19. The summed E-state index contributed by atoms with van der Waals surface area (Å²) in [5, 5.41) is 4.52. The van der Waals surface area contributed by atoms with Crippen molar-refractivity contribution in [3.63, 3.8) is 0 Å².